The number of carbonyl (C=O) groups is 3. The Hall–Kier alpha value is -3.56. The van der Waals surface area contributed by atoms with E-state index in [0.717, 1.165) is 16.7 Å². The fraction of sp³-hybridized carbons (Fsp3) is 0.207. The van der Waals surface area contributed by atoms with Gasteiger partial charge in [-0.3, -0.25) is 9.59 Å². The number of alkyl halides is 1. The van der Waals surface area contributed by atoms with Crippen LogP contribution < -0.4 is 10.1 Å². The molecule has 9 heteroatoms. The van der Waals surface area contributed by atoms with Gasteiger partial charge in [-0.1, -0.05) is 94.8 Å². The van der Waals surface area contributed by atoms with Crippen molar-refractivity contribution in [1.29, 1.82) is 0 Å². The molecule has 1 N–H and O–H groups in total. The normalized spacial score (nSPS) is 20.2. The maximum atomic E-state index is 13.7. The van der Waals surface area contributed by atoms with Crippen LogP contribution in [-0.2, 0) is 19.1 Å². The summed E-state index contributed by atoms with van der Waals surface area (Å²) in [7, 11) is 0. The van der Waals surface area contributed by atoms with E-state index in [2.05, 4.69) is 21.2 Å². The first-order valence-electron chi connectivity index (χ1n) is 12.1. The number of esters is 1. The molecule has 2 amide bonds. The van der Waals surface area contributed by atoms with Gasteiger partial charge in [0.2, 0.25) is 5.91 Å². The number of hydrogen-bond acceptors (Lipinski definition) is 6. The molecule has 3 atom stereocenters. The van der Waals surface area contributed by atoms with Crippen LogP contribution in [0.5, 0.6) is 5.75 Å². The second kappa shape index (κ2) is 11.9. The zero-order valence-corrected chi connectivity index (χ0v) is 22.6. The molecule has 3 aromatic rings. The predicted molar refractivity (Wildman–Crippen MR) is 149 cm³/mol. The van der Waals surface area contributed by atoms with Crippen molar-refractivity contribution in [3.8, 4) is 5.75 Å². The molecule has 2 aliphatic rings. The van der Waals surface area contributed by atoms with Crippen molar-refractivity contribution in [2.45, 2.75) is 23.6 Å². The molecule has 7 nitrogen and oxygen atoms in total. The van der Waals surface area contributed by atoms with E-state index < -0.39 is 35.4 Å². The fourth-order valence-corrected chi connectivity index (χ4v) is 6.36. The van der Waals surface area contributed by atoms with Crippen LogP contribution in [0.1, 0.15) is 17.2 Å². The Morgan fingerprint density at radius 1 is 0.921 bits per heavy atom. The van der Waals surface area contributed by atoms with Gasteiger partial charge in [0, 0.05) is 5.33 Å². The zero-order chi connectivity index (χ0) is 26.5. The molecule has 0 saturated carbocycles. The Bertz CT molecular complexity index is 1280. The average Bonchev–Trinajstić information content (AvgIpc) is 2.98. The predicted octanol–water partition coefficient (Wildman–Crippen LogP) is 4.45. The number of thioether (sulfide) groups is 1. The van der Waals surface area contributed by atoms with E-state index in [1.165, 1.54) is 16.7 Å². The molecule has 0 bridgehead atoms. The highest BCUT2D eigenvalue weighted by atomic mass is 79.9. The minimum Gasteiger partial charge on any atom is -0.484 e. The Morgan fingerprint density at radius 3 is 2.08 bits per heavy atom. The molecule has 0 spiro atoms. The van der Waals surface area contributed by atoms with E-state index >= 15 is 0 Å². The summed E-state index contributed by atoms with van der Waals surface area (Å²) in [5, 5.41) is 4.60. The summed E-state index contributed by atoms with van der Waals surface area (Å²) in [5.41, 5.74) is 2.38. The number of amides is 2. The average molecular weight is 593 g/mol. The molecular weight excluding hydrogens is 568 g/mol. The van der Waals surface area contributed by atoms with E-state index in [1.807, 2.05) is 84.3 Å². The minimum absolute atomic E-state index is 0.213. The van der Waals surface area contributed by atoms with Gasteiger partial charge in [0.25, 0.3) is 5.91 Å². The van der Waals surface area contributed by atoms with Crippen LogP contribution in [0.15, 0.2) is 102 Å². The first-order chi connectivity index (χ1) is 18.6. The molecule has 1 fully saturated rings. The number of halogens is 1. The molecule has 5 rings (SSSR count). The smallest absolute Gasteiger partial charge is 0.334 e. The van der Waals surface area contributed by atoms with Gasteiger partial charge in [0.05, 0.1) is 0 Å². The second-order valence-corrected chi connectivity index (χ2v) is 10.3. The first-order valence-corrected chi connectivity index (χ1v) is 14.1. The molecule has 2 heterocycles. The lowest BCUT2D eigenvalue weighted by Crippen LogP contribution is -2.74. The van der Waals surface area contributed by atoms with Crippen molar-refractivity contribution in [1.82, 2.24) is 10.2 Å². The maximum absolute atomic E-state index is 13.7. The highest BCUT2D eigenvalue weighted by Gasteiger charge is 2.56. The minimum atomic E-state index is -0.892. The summed E-state index contributed by atoms with van der Waals surface area (Å²) >= 11 is 4.85. The molecule has 3 aromatic carbocycles. The summed E-state index contributed by atoms with van der Waals surface area (Å²) in [6, 6.07) is 26.3. The van der Waals surface area contributed by atoms with Gasteiger partial charge in [-0.15, -0.1) is 11.8 Å². The number of benzene rings is 3. The van der Waals surface area contributed by atoms with Crippen LogP contribution in [0.25, 0.3) is 0 Å². The third kappa shape index (κ3) is 5.49. The van der Waals surface area contributed by atoms with Crippen LogP contribution in [-0.4, -0.2) is 52.1 Å². The van der Waals surface area contributed by atoms with E-state index in [1.54, 1.807) is 12.1 Å². The van der Waals surface area contributed by atoms with Crippen LogP contribution >= 0.6 is 27.7 Å². The largest absolute Gasteiger partial charge is 0.484 e. The monoisotopic (exact) mass is 592 g/mol. The third-order valence-corrected chi connectivity index (χ3v) is 8.18. The fourth-order valence-electron chi connectivity index (χ4n) is 4.45. The van der Waals surface area contributed by atoms with Crippen molar-refractivity contribution in [2.24, 2.45) is 0 Å². The molecule has 0 aromatic heterocycles. The van der Waals surface area contributed by atoms with Gasteiger partial charge < -0.3 is 19.7 Å². The summed E-state index contributed by atoms with van der Waals surface area (Å²) in [4.78, 5) is 40.9. The van der Waals surface area contributed by atoms with Crippen LogP contribution in [0.2, 0.25) is 0 Å². The molecule has 1 saturated heterocycles. The third-order valence-electron chi connectivity index (χ3n) is 6.31. The number of nitrogens with one attached hydrogen (secondary N) is 1. The number of fused-ring (bicyclic) bond motifs is 1. The van der Waals surface area contributed by atoms with Crippen LogP contribution in [0.4, 0.5) is 0 Å². The summed E-state index contributed by atoms with van der Waals surface area (Å²) in [6.45, 7) is -0.213. The maximum Gasteiger partial charge on any atom is 0.334 e. The number of para-hydroxylation sites is 1. The number of rotatable bonds is 9. The second-order valence-electron chi connectivity index (χ2n) is 8.79. The van der Waals surface area contributed by atoms with E-state index in [9.17, 15) is 14.4 Å². The molecule has 2 unspecified atom stereocenters. The molecular formula is C29H25BrN2O5S. The lowest BCUT2D eigenvalue weighted by atomic mass is 9.98. The zero-order valence-electron chi connectivity index (χ0n) is 20.2. The van der Waals surface area contributed by atoms with Gasteiger partial charge in [0.1, 0.15) is 17.2 Å². The molecule has 0 radical (unpaired) electrons. The van der Waals surface area contributed by atoms with Gasteiger partial charge in [0.15, 0.2) is 18.8 Å². The van der Waals surface area contributed by atoms with Crippen molar-refractivity contribution < 1.29 is 23.9 Å². The van der Waals surface area contributed by atoms with Crippen molar-refractivity contribution in [3.05, 3.63) is 113 Å². The van der Waals surface area contributed by atoms with Crippen molar-refractivity contribution in [3.63, 3.8) is 0 Å². The molecule has 194 valence electrons. The van der Waals surface area contributed by atoms with Crippen molar-refractivity contribution >= 4 is 45.5 Å². The van der Waals surface area contributed by atoms with E-state index in [4.69, 9.17) is 9.47 Å². The quantitative estimate of drug-likeness (QED) is 0.224. The summed E-state index contributed by atoms with van der Waals surface area (Å²) in [5.74, 6) is -0.699. The van der Waals surface area contributed by atoms with Crippen LogP contribution in [0, 0.1) is 0 Å². The topological polar surface area (TPSA) is 84.9 Å². The number of β-lactam (4-membered cyclic amide) rings is 1. The van der Waals surface area contributed by atoms with Gasteiger partial charge in [-0.2, -0.15) is 0 Å². The van der Waals surface area contributed by atoms with Crippen molar-refractivity contribution in [2.75, 3.05) is 11.9 Å². The SMILES string of the molecule is O=C(COc1ccccc1)NC1C(=O)N2C(C(=O)OC(c3ccccc3)c3ccccc3)C(CBr)=CS[C@H]12. The molecule has 2 aliphatic heterocycles. The van der Waals surface area contributed by atoms with Gasteiger partial charge >= 0.3 is 5.97 Å². The standard InChI is InChI=1S/C29H25BrN2O5S/c30-16-21-18-38-28-24(31-23(33)17-36-22-14-8-3-9-15-22)27(34)32(28)25(21)29(35)37-26(19-10-4-1-5-11-19)20-12-6-2-7-13-20/h1-15,18,24-26,28H,16-17H2,(H,31,33)/t24?,25?,28-/m1/s1. The number of ether oxygens (including phenoxy) is 2. The Balaban J connectivity index is 1.30. The number of hydrogen-bond donors (Lipinski definition) is 1. The summed E-state index contributed by atoms with van der Waals surface area (Å²) in [6.07, 6.45) is -0.628. The van der Waals surface area contributed by atoms with Gasteiger partial charge in [-0.25, -0.2) is 4.79 Å². The van der Waals surface area contributed by atoms with Gasteiger partial charge in [-0.05, 0) is 34.2 Å². The summed E-state index contributed by atoms with van der Waals surface area (Å²) < 4.78 is 11.6. The Morgan fingerprint density at radius 2 is 1.50 bits per heavy atom. The number of nitrogens with zero attached hydrogens (tertiary/aromatic N) is 1. The lowest BCUT2D eigenvalue weighted by molar-refractivity contribution is -0.165. The van der Waals surface area contributed by atoms with E-state index in [-0.39, 0.29) is 12.5 Å². The Labute approximate surface area is 233 Å². The number of carbonyl (C=O) groups excluding carboxylic acids is 3. The first kappa shape index (κ1) is 26.1. The molecule has 38 heavy (non-hydrogen) atoms. The lowest BCUT2D eigenvalue weighted by Gasteiger charge is -2.51. The Kier molecular flexibility index (Phi) is 8.14. The van der Waals surface area contributed by atoms with Crippen LogP contribution in [0.3, 0.4) is 0 Å². The highest BCUT2D eigenvalue weighted by molar-refractivity contribution is 9.09. The highest BCUT2D eigenvalue weighted by Crippen LogP contribution is 2.41. The molecule has 0 aliphatic carbocycles. The van der Waals surface area contributed by atoms with E-state index in [0.29, 0.717) is 11.1 Å².